The van der Waals surface area contributed by atoms with E-state index in [0.717, 1.165) is 18.4 Å². The molecule has 0 saturated heterocycles. The van der Waals surface area contributed by atoms with Gasteiger partial charge in [-0.25, -0.2) is 4.79 Å². The van der Waals surface area contributed by atoms with Crippen molar-refractivity contribution in [1.82, 2.24) is 0 Å². The number of alkyl halides is 1. The molecular weight excluding hydrogens is 291 g/mol. The van der Waals surface area contributed by atoms with Gasteiger partial charge in [-0.05, 0) is 18.1 Å². The summed E-state index contributed by atoms with van der Waals surface area (Å²) in [6.07, 6.45) is 2.09. The SMILES string of the molecule is CCCC(I)c1ccccc1C(=O)O. The van der Waals surface area contributed by atoms with Crippen molar-refractivity contribution in [2.75, 3.05) is 0 Å². The van der Waals surface area contributed by atoms with Crippen molar-refractivity contribution in [3.05, 3.63) is 35.4 Å². The normalized spacial score (nSPS) is 12.4. The fraction of sp³-hybridized carbons (Fsp3) is 0.364. The minimum Gasteiger partial charge on any atom is -0.478 e. The Balaban J connectivity index is 3.00. The van der Waals surface area contributed by atoms with Gasteiger partial charge in [-0.2, -0.15) is 0 Å². The van der Waals surface area contributed by atoms with Gasteiger partial charge in [0.2, 0.25) is 0 Å². The lowest BCUT2D eigenvalue weighted by atomic mass is 10.0. The smallest absolute Gasteiger partial charge is 0.336 e. The van der Waals surface area contributed by atoms with Gasteiger partial charge in [0.05, 0.1) is 5.56 Å². The summed E-state index contributed by atoms with van der Waals surface area (Å²) in [5.74, 6) is -0.835. The topological polar surface area (TPSA) is 37.3 Å². The van der Waals surface area contributed by atoms with E-state index in [1.165, 1.54) is 0 Å². The van der Waals surface area contributed by atoms with E-state index >= 15 is 0 Å². The maximum absolute atomic E-state index is 10.9. The van der Waals surface area contributed by atoms with Crippen molar-refractivity contribution in [2.45, 2.75) is 23.7 Å². The number of aromatic carboxylic acids is 1. The number of carboxylic acid groups (broad SMARTS) is 1. The third-order valence-electron chi connectivity index (χ3n) is 2.07. The molecule has 1 aromatic rings. The van der Waals surface area contributed by atoms with Crippen LogP contribution in [0, 0.1) is 0 Å². The number of benzene rings is 1. The molecule has 76 valence electrons. The van der Waals surface area contributed by atoms with Gasteiger partial charge in [0, 0.05) is 3.92 Å². The first kappa shape index (κ1) is 11.5. The molecule has 0 bridgehead atoms. The lowest BCUT2D eigenvalue weighted by molar-refractivity contribution is 0.0695. The van der Waals surface area contributed by atoms with E-state index in [1.54, 1.807) is 12.1 Å². The summed E-state index contributed by atoms with van der Waals surface area (Å²) < 4.78 is 0.296. The predicted molar refractivity (Wildman–Crippen MR) is 65.1 cm³/mol. The first-order valence-electron chi connectivity index (χ1n) is 4.63. The van der Waals surface area contributed by atoms with Crippen LogP contribution in [-0.4, -0.2) is 11.1 Å². The van der Waals surface area contributed by atoms with Gasteiger partial charge >= 0.3 is 5.97 Å². The molecule has 0 saturated carbocycles. The molecule has 1 N–H and O–H groups in total. The fourth-order valence-electron chi connectivity index (χ4n) is 1.37. The van der Waals surface area contributed by atoms with Crippen LogP contribution in [-0.2, 0) is 0 Å². The predicted octanol–water partition coefficient (Wildman–Crippen LogP) is 3.66. The van der Waals surface area contributed by atoms with E-state index in [4.69, 9.17) is 5.11 Å². The van der Waals surface area contributed by atoms with Crippen LogP contribution < -0.4 is 0 Å². The van der Waals surface area contributed by atoms with Crippen molar-refractivity contribution in [3.63, 3.8) is 0 Å². The van der Waals surface area contributed by atoms with E-state index in [-0.39, 0.29) is 0 Å². The Hall–Kier alpha value is -0.580. The third-order valence-corrected chi connectivity index (χ3v) is 3.36. The second-order valence-corrected chi connectivity index (χ2v) is 4.65. The molecule has 0 aliphatic heterocycles. The molecule has 1 unspecified atom stereocenters. The first-order chi connectivity index (χ1) is 6.66. The van der Waals surface area contributed by atoms with Crippen molar-refractivity contribution < 1.29 is 9.90 Å². The van der Waals surface area contributed by atoms with Gasteiger partial charge in [-0.15, -0.1) is 0 Å². The van der Waals surface area contributed by atoms with E-state index in [2.05, 4.69) is 29.5 Å². The molecule has 0 aromatic heterocycles. The second kappa shape index (κ2) is 5.34. The average molecular weight is 304 g/mol. The summed E-state index contributed by atoms with van der Waals surface area (Å²) in [7, 11) is 0. The number of rotatable bonds is 4. The van der Waals surface area contributed by atoms with Crippen molar-refractivity contribution >= 4 is 28.6 Å². The van der Waals surface area contributed by atoms with Crippen LogP contribution in [0.3, 0.4) is 0 Å². The summed E-state index contributed by atoms with van der Waals surface area (Å²) in [6.45, 7) is 2.11. The first-order valence-corrected chi connectivity index (χ1v) is 5.87. The van der Waals surface area contributed by atoms with E-state index < -0.39 is 5.97 Å². The third kappa shape index (κ3) is 2.70. The molecule has 3 heteroatoms. The molecule has 0 heterocycles. The highest BCUT2D eigenvalue weighted by molar-refractivity contribution is 14.1. The Labute approximate surface area is 97.5 Å². The van der Waals surface area contributed by atoms with Gasteiger partial charge < -0.3 is 5.11 Å². The number of carbonyl (C=O) groups is 1. The number of carboxylic acids is 1. The van der Waals surface area contributed by atoms with Crippen LogP contribution >= 0.6 is 22.6 Å². The van der Waals surface area contributed by atoms with Crippen LogP contribution in [0.2, 0.25) is 0 Å². The number of halogens is 1. The molecule has 1 rings (SSSR count). The van der Waals surface area contributed by atoms with Gasteiger partial charge in [-0.3, -0.25) is 0 Å². The molecule has 0 aliphatic carbocycles. The van der Waals surface area contributed by atoms with Gasteiger partial charge in [-0.1, -0.05) is 54.1 Å². The maximum atomic E-state index is 10.9. The standard InChI is InChI=1S/C11H13IO2/c1-2-5-10(12)8-6-3-4-7-9(8)11(13)14/h3-4,6-7,10H,2,5H2,1H3,(H,13,14). The number of hydrogen-bond acceptors (Lipinski definition) is 1. The van der Waals surface area contributed by atoms with Gasteiger partial charge in [0.1, 0.15) is 0 Å². The summed E-state index contributed by atoms with van der Waals surface area (Å²) in [6, 6.07) is 7.22. The van der Waals surface area contributed by atoms with E-state index in [9.17, 15) is 4.79 Å². The van der Waals surface area contributed by atoms with Crippen molar-refractivity contribution in [2.24, 2.45) is 0 Å². The highest BCUT2D eigenvalue weighted by atomic mass is 127. The Morgan fingerprint density at radius 2 is 2.14 bits per heavy atom. The van der Waals surface area contributed by atoms with E-state index in [0.29, 0.717) is 9.49 Å². The number of hydrogen-bond donors (Lipinski definition) is 1. The molecule has 0 amide bonds. The molecule has 0 aliphatic rings. The van der Waals surface area contributed by atoms with Crippen LogP contribution in [0.25, 0.3) is 0 Å². The second-order valence-electron chi connectivity index (χ2n) is 3.15. The molecule has 14 heavy (non-hydrogen) atoms. The fourth-order valence-corrected chi connectivity index (χ4v) is 2.54. The van der Waals surface area contributed by atoms with Crippen LogP contribution in [0.5, 0.6) is 0 Å². The molecule has 1 aromatic carbocycles. The molecule has 2 nitrogen and oxygen atoms in total. The lowest BCUT2D eigenvalue weighted by Gasteiger charge is -2.11. The molecule has 0 fully saturated rings. The molecular formula is C11H13IO2. The van der Waals surface area contributed by atoms with Gasteiger partial charge in [0.25, 0.3) is 0 Å². The minimum absolute atomic E-state index is 0.296. The largest absolute Gasteiger partial charge is 0.478 e. The molecule has 1 atom stereocenters. The van der Waals surface area contributed by atoms with Crippen molar-refractivity contribution in [1.29, 1.82) is 0 Å². The maximum Gasteiger partial charge on any atom is 0.336 e. The van der Waals surface area contributed by atoms with Crippen molar-refractivity contribution in [3.8, 4) is 0 Å². The quantitative estimate of drug-likeness (QED) is 0.681. The summed E-state index contributed by atoms with van der Waals surface area (Å²) >= 11 is 2.30. The zero-order valence-electron chi connectivity index (χ0n) is 8.03. The Morgan fingerprint density at radius 3 is 2.71 bits per heavy atom. The highest BCUT2D eigenvalue weighted by Crippen LogP contribution is 2.30. The lowest BCUT2D eigenvalue weighted by Crippen LogP contribution is -2.03. The Morgan fingerprint density at radius 1 is 1.50 bits per heavy atom. The molecule has 0 spiro atoms. The summed E-state index contributed by atoms with van der Waals surface area (Å²) in [4.78, 5) is 10.9. The monoisotopic (exact) mass is 304 g/mol. The zero-order valence-corrected chi connectivity index (χ0v) is 10.2. The van der Waals surface area contributed by atoms with Crippen LogP contribution in [0.4, 0.5) is 0 Å². The molecule has 0 radical (unpaired) electrons. The van der Waals surface area contributed by atoms with Crippen LogP contribution in [0.15, 0.2) is 24.3 Å². The summed E-state index contributed by atoms with van der Waals surface area (Å²) in [5, 5.41) is 8.98. The average Bonchev–Trinajstić information content (AvgIpc) is 2.18. The highest BCUT2D eigenvalue weighted by Gasteiger charge is 2.14. The summed E-state index contributed by atoms with van der Waals surface area (Å²) in [5.41, 5.74) is 1.36. The van der Waals surface area contributed by atoms with Gasteiger partial charge in [0.15, 0.2) is 0 Å². The van der Waals surface area contributed by atoms with E-state index in [1.807, 2.05) is 12.1 Å². The Kier molecular flexibility index (Phi) is 4.38. The van der Waals surface area contributed by atoms with Crippen LogP contribution in [0.1, 0.15) is 39.6 Å². The Bertz CT molecular complexity index is 323. The zero-order chi connectivity index (χ0) is 10.6. The minimum atomic E-state index is -0.835.